The monoisotopic (exact) mass is 321 g/mol. The van der Waals surface area contributed by atoms with Crippen LogP contribution in [0, 0.1) is 5.92 Å². The van der Waals surface area contributed by atoms with Gasteiger partial charge in [0.15, 0.2) is 9.84 Å². The third-order valence-corrected chi connectivity index (χ3v) is 5.39. The fourth-order valence-corrected chi connectivity index (χ4v) is 4.22. The molecule has 1 atom stereocenters. The molecule has 1 saturated heterocycles. The van der Waals surface area contributed by atoms with Gasteiger partial charge in [-0.25, -0.2) is 8.42 Å². The summed E-state index contributed by atoms with van der Waals surface area (Å²) in [5, 5.41) is 3.46. The molecule has 7 heteroatoms. The summed E-state index contributed by atoms with van der Waals surface area (Å²) in [6, 6.07) is 4.73. The van der Waals surface area contributed by atoms with Gasteiger partial charge in [-0.15, -0.1) is 0 Å². The van der Waals surface area contributed by atoms with Crippen molar-refractivity contribution in [1.29, 1.82) is 0 Å². The van der Waals surface area contributed by atoms with Gasteiger partial charge in [-0.05, 0) is 31.0 Å². The van der Waals surface area contributed by atoms with Crippen molar-refractivity contribution in [3.05, 3.63) is 28.2 Å². The molecular weight excluding hydrogens is 309 g/mol. The summed E-state index contributed by atoms with van der Waals surface area (Å²) >= 11 is 11.7. The Morgan fingerprint density at radius 1 is 1.32 bits per heavy atom. The minimum atomic E-state index is -3.10. The molecule has 0 saturated carbocycles. The minimum absolute atomic E-state index is 0.0932. The average Bonchev–Trinajstić information content (AvgIpc) is 2.31. The number of hydrogen-bond donors (Lipinski definition) is 1. The standard InChI is InChI=1S/C12H13Cl2NO3S/c13-9-3-4-11(10(14)6-9)15-12(16)8-2-1-5-19(17,18)7-8/h3-4,6,8H,1-2,5,7H2,(H,15,16). The largest absolute Gasteiger partial charge is 0.324 e. The normalized spacial score (nSPS) is 21.9. The minimum Gasteiger partial charge on any atom is -0.324 e. The van der Waals surface area contributed by atoms with Gasteiger partial charge < -0.3 is 5.32 Å². The number of amides is 1. The lowest BCUT2D eigenvalue weighted by Gasteiger charge is -2.21. The number of anilines is 1. The van der Waals surface area contributed by atoms with Crippen molar-refractivity contribution >= 4 is 44.6 Å². The Kier molecular flexibility index (Phi) is 4.38. The topological polar surface area (TPSA) is 63.2 Å². The van der Waals surface area contributed by atoms with E-state index >= 15 is 0 Å². The first kappa shape index (κ1) is 14.6. The van der Waals surface area contributed by atoms with Gasteiger partial charge in [0, 0.05) is 5.02 Å². The Labute approximate surface area is 122 Å². The van der Waals surface area contributed by atoms with Gasteiger partial charge in [0.1, 0.15) is 0 Å². The van der Waals surface area contributed by atoms with E-state index in [4.69, 9.17) is 23.2 Å². The molecular formula is C12H13Cl2NO3S. The van der Waals surface area contributed by atoms with E-state index in [9.17, 15) is 13.2 Å². The van der Waals surface area contributed by atoms with Gasteiger partial charge >= 0.3 is 0 Å². The molecule has 0 spiro atoms. The highest BCUT2D eigenvalue weighted by Crippen LogP contribution is 2.27. The van der Waals surface area contributed by atoms with Gasteiger partial charge in [0.2, 0.25) is 5.91 Å². The van der Waals surface area contributed by atoms with Crippen LogP contribution in [0.25, 0.3) is 0 Å². The molecule has 2 rings (SSSR count). The fraction of sp³-hybridized carbons (Fsp3) is 0.417. The van der Waals surface area contributed by atoms with Crippen LogP contribution in [0.1, 0.15) is 12.8 Å². The zero-order chi connectivity index (χ0) is 14.0. The first-order valence-electron chi connectivity index (χ1n) is 5.84. The lowest BCUT2D eigenvalue weighted by Crippen LogP contribution is -2.34. The Morgan fingerprint density at radius 2 is 2.05 bits per heavy atom. The van der Waals surface area contributed by atoms with Crippen molar-refractivity contribution in [3.8, 4) is 0 Å². The van der Waals surface area contributed by atoms with Crippen LogP contribution in [0.3, 0.4) is 0 Å². The number of benzene rings is 1. The Balaban J connectivity index is 2.08. The second-order valence-corrected chi connectivity index (χ2v) is 7.64. The van der Waals surface area contributed by atoms with E-state index in [0.717, 1.165) is 0 Å². The van der Waals surface area contributed by atoms with E-state index < -0.39 is 15.8 Å². The molecule has 1 aliphatic heterocycles. The number of rotatable bonds is 2. The summed E-state index contributed by atoms with van der Waals surface area (Å²) in [4.78, 5) is 12.0. The van der Waals surface area contributed by atoms with Crippen LogP contribution in [0.2, 0.25) is 10.0 Å². The fourth-order valence-electron chi connectivity index (χ4n) is 2.06. The molecule has 0 bridgehead atoms. The molecule has 0 aromatic heterocycles. The molecule has 104 valence electrons. The molecule has 0 aliphatic carbocycles. The van der Waals surface area contributed by atoms with Crippen LogP contribution in [0.15, 0.2) is 18.2 Å². The number of carbonyl (C=O) groups is 1. The van der Waals surface area contributed by atoms with E-state index in [1.165, 1.54) is 6.07 Å². The zero-order valence-electron chi connectivity index (χ0n) is 10.0. The predicted octanol–water partition coefficient (Wildman–Crippen LogP) is 2.76. The van der Waals surface area contributed by atoms with E-state index in [0.29, 0.717) is 28.6 Å². The first-order valence-corrected chi connectivity index (χ1v) is 8.41. The highest BCUT2D eigenvalue weighted by atomic mass is 35.5. The number of halogens is 2. The smallest absolute Gasteiger partial charge is 0.228 e. The molecule has 1 aromatic rings. The summed E-state index contributed by atoms with van der Waals surface area (Å²) in [5.41, 5.74) is 0.444. The summed E-state index contributed by atoms with van der Waals surface area (Å²) in [6.07, 6.45) is 1.10. The van der Waals surface area contributed by atoms with Gasteiger partial charge in [0.25, 0.3) is 0 Å². The first-order chi connectivity index (χ1) is 8.87. The van der Waals surface area contributed by atoms with Gasteiger partial charge in [-0.3, -0.25) is 4.79 Å². The zero-order valence-corrected chi connectivity index (χ0v) is 12.4. The average molecular weight is 322 g/mol. The Hall–Kier alpha value is -0.780. The van der Waals surface area contributed by atoms with Crippen molar-refractivity contribution in [2.45, 2.75) is 12.8 Å². The lowest BCUT2D eigenvalue weighted by atomic mass is 10.0. The van der Waals surface area contributed by atoms with Crippen LogP contribution < -0.4 is 5.32 Å². The molecule has 1 aliphatic rings. The predicted molar refractivity (Wildman–Crippen MR) is 76.5 cm³/mol. The van der Waals surface area contributed by atoms with Crippen LogP contribution in [0.4, 0.5) is 5.69 Å². The van der Waals surface area contributed by atoms with Crippen LogP contribution in [-0.2, 0) is 14.6 Å². The molecule has 1 aromatic carbocycles. The highest BCUT2D eigenvalue weighted by Gasteiger charge is 2.30. The third-order valence-electron chi connectivity index (χ3n) is 3.02. The summed E-state index contributed by atoms with van der Waals surface area (Å²) in [7, 11) is -3.10. The SMILES string of the molecule is O=C(Nc1ccc(Cl)cc1Cl)C1CCCS(=O)(=O)C1. The van der Waals surface area contributed by atoms with Crippen molar-refractivity contribution in [3.63, 3.8) is 0 Å². The van der Waals surface area contributed by atoms with Crippen molar-refractivity contribution in [2.75, 3.05) is 16.8 Å². The van der Waals surface area contributed by atoms with Gasteiger partial charge in [-0.2, -0.15) is 0 Å². The molecule has 4 nitrogen and oxygen atoms in total. The van der Waals surface area contributed by atoms with Crippen LogP contribution >= 0.6 is 23.2 Å². The van der Waals surface area contributed by atoms with E-state index in [1.54, 1.807) is 12.1 Å². The van der Waals surface area contributed by atoms with Crippen LogP contribution in [-0.4, -0.2) is 25.8 Å². The maximum Gasteiger partial charge on any atom is 0.228 e. The number of hydrogen-bond acceptors (Lipinski definition) is 3. The summed E-state index contributed by atoms with van der Waals surface area (Å²) in [6.45, 7) is 0. The highest BCUT2D eigenvalue weighted by molar-refractivity contribution is 7.91. The maximum absolute atomic E-state index is 12.0. The molecule has 1 amide bonds. The van der Waals surface area contributed by atoms with Crippen molar-refractivity contribution < 1.29 is 13.2 Å². The summed E-state index contributed by atoms with van der Waals surface area (Å²) < 4.78 is 23.0. The number of nitrogens with one attached hydrogen (secondary N) is 1. The van der Waals surface area contributed by atoms with E-state index in [1.807, 2.05) is 0 Å². The maximum atomic E-state index is 12.0. The second-order valence-electron chi connectivity index (χ2n) is 4.57. The van der Waals surface area contributed by atoms with E-state index in [2.05, 4.69) is 5.32 Å². The van der Waals surface area contributed by atoms with E-state index in [-0.39, 0.29) is 17.4 Å². The van der Waals surface area contributed by atoms with Crippen molar-refractivity contribution in [1.82, 2.24) is 0 Å². The lowest BCUT2D eigenvalue weighted by molar-refractivity contribution is -0.119. The second kappa shape index (κ2) is 5.69. The Bertz CT molecular complexity index is 601. The van der Waals surface area contributed by atoms with Gasteiger partial charge in [-0.1, -0.05) is 23.2 Å². The quantitative estimate of drug-likeness (QED) is 0.911. The molecule has 19 heavy (non-hydrogen) atoms. The van der Waals surface area contributed by atoms with Crippen LogP contribution in [0.5, 0.6) is 0 Å². The number of carbonyl (C=O) groups excluding carboxylic acids is 1. The molecule has 0 radical (unpaired) electrons. The number of sulfone groups is 1. The third kappa shape index (κ3) is 3.84. The van der Waals surface area contributed by atoms with Gasteiger partial charge in [0.05, 0.1) is 28.1 Å². The molecule has 1 N–H and O–H groups in total. The molecule has 1 heterocycles. The summed E-state index contributed by atoms with van der Waals surface area (Å²) in [5.74, 6) is -0.749. The van der Waals surface area contributed by atoms with Crippen molar-refractivity contribution in [2.24, 2.45) is 5.92 Å². The molecule has 1 fully saturated rings. The molecule has 1 unspecified atom stereocenters. The Morgan fingerprint density at radius 3 is 2.68 bits per heavy atom.